The van der Waals surface area contributed by atoms with Gasteiger partial charge in [0.15, 0.2) is 5.96 Å². The van der Waals surface area contributed by atoms with Crippen molar-refractivity contribution in [3.05, 3.63) is 0 Å². The van der Waals surface area contributed by atoms with Crippen LogP contribution in [0.1, 0.15) is 46.0 Å². The van der Waals surface area contributed by atoms with Gasteiger partial charge in [0.2, 0.25) is 10.0 Å². The normalized spacial score (nSPS) is 28.7. The highest BCUT2D eigenvalue weighted by Gasteiger charge is 2.29. The van der Waals surface area contributed by atoms with E-state index in [-0.39, 0.29) is 24.0 Å². The van der Waals surface area contributed by atoms with Crippen molar-refractivity contribution in [1.29, 1.82) is 0 Å². The van der Waals surface area contributed by atoms with Gasteiger partial charge in [-0.2, -0.15) is 0 Å². The van der Waals surface area contributed by atoms with E-state index in [0.717, 1.165) is 30.8 Å². The molecule has 0 spiro atoms. The molecule has 2 fully saturated rings. The number of hydrogen-bond donors (Lipinski definition) is 2. The van der Waals surface area contributed by atoms with Gasteiger partial charge in [0.1, 0.15) is 0 Å². The Bertz CT molecular complexity index is 531. The van der Waals surface area contributed by atoms with Gasteiger partial charge in [-0.15, -0.1) is 24.0 Å². The number of rotatable bonds is 5. The monoisotopic (exact) mass is 486 g/mol. The Hall–Kier alpha value is -0.0900. The van der Waals surface area contributed by atoms with Crippen molar-refractivity contribution in [1.82, 2.24) is 14.9 Å². The third kappa shape index (κ3) is 7.21. The summed E-state index contributed by atoms with van der Waals surface area (Å²) in [5.41, 5.74) is 0. The van der Waals surface area contributed by atoms with Crippen molar-refractivity contribution in [3.63, 3.8) is 0 Å². The zero-order chi connectivity index (χ0) is 17.7. The van der Waals surface area contributed by atoms with Crippen molar-refractivity contribution < 1.29 is 8.42 Å². The number of nitrogens with one attached hydrogen (secondary N) is 2. The molecule has 2 aliphatic rings. The van der Waals surface area contributed by atoms with Crippen molar-refractivity contribution in [2.24, 2.45) is 22.7 Å². The van der Waals surface area contributed by atoms with Crippen molar-refractivity contribution >= 4 is 40.0 Å². The van der Waals surface area contributed by atoms with Crippen LogP contribution in [0.25, 0.3) is 0 Å². The van der Waals surface area contributed by atoms with E-state index in [9.17, 15) is 8.42 Å². The first kappa shape index (κ1) is 23.0. The van der Waals surface area contributed by atoms with Crippen LogP contribution >= 0.6 is 24.0 Å². The standard InChI is InChI=1S/C17H34N4O2S.HI/c1-13(2)15-5-7-16(8-6-15)20-17(18-3)19-11-14-9-10-21(12-14)24(4,22)23;/h13-16H,5-12H2,1-4H3,(H2,18,19,20);1H. The van der Waals surface area contributed by atoms with Gasteiger partial charge in [-0.1, -0.05) is 13.8 Å². The molecule has 1 atom stereocenters. The summed E-state index contributed by atoms with van der Waals surface area (Å²) in [6, 6.07) is 0.502. The van der Waals surface area contributed by atoms with E-state index in [1.807, 2.05) is 0 Å². The van der Waals surface area contributed by atoms with Gasteiger partial charge in [0.25, 0.3) is 0 Å². The van der Waals surface area contributed by atoms with Gasteiger partial charge in [0.05, 0.1) is 6.26 Å². The van der Waals surface area contributed by atoms with Crippen LogP contribution in [0, 0.1) is 17.8 Å². The fourth-order valence-electron chi connectivity index (χ4n) is 3.82. The Morgan fingerprint density at radius 1 is 1.20 bits per heavy atom. The van der Waals surface area contributed by atoms with E-state index in [4.69, 9.17) is 0 Å². The number of sulfonamides is 1. The van der Waals surface area contributed by atoms with Gasteiger partial charge in [0, 0.05) is 32.7 Å². The molecule has 0 aromatic carbocycles. The maximum absolute atomic E-state index is 11.6. The fourth-order valence-corrected chi connectivity index (χ4v) is 4.74. The third-order valence-electron chi connectivity index (χ3n) is 5.55. The predicted molar refractivity (Wildman–Crippen MR) is 115 cm³/mol. The average molecular weight is 486 g/mol. The molecule has 0 bridgehead atoms. The third-order valence-corrected chi connectivity index (χ3v) is 6.82. The minimum Gasteiger partial charge on any atom is -0.356 e. The second kappa shape index (κ2) is 10.3. The minimum atomic E-state index is -3.05. The van der Waals surface area contributed by atoms with E-state index in [1.165, 1.54) is 31.9 Å². The lowest BCUT2D eigenvalue weighted by Gasteiger charge is -2.32. The van der Waals surface area contributed by atoms with Crippen LogP contribution in [0.3, 0.4) is 0 Å². The summed E-state index contributed by atoms with van der Waals surface area (Å²) >= 11 is 0. The smallest absolute Gasteiger partial charge is 0.211 e. The van der Waals surface area contributed by atoms with Gasteiger partial charge >= 0.3 is 0 Å². The summed E-state index contributed by atoms with van der Waals surface area (Å²) in [4.78, 5) is 4.33. The van der Waals surface area contributed by atoms with Gasteiger partial charge in [-0.3, -0.25) is 4.99 Å². The molecule has 25 heavy (non-hydrogen) atoms. The Morgan fingerprint density at radius 2 is 1.84 bits per heavy atom. The van der Waals surface area contributed by atoms with Crippen LogP contribution in [0.2, 0.25) is 0 Å². The summed E-state index contributed by atoms with van der Waals surface area (Å²) in [7, 11) is -1.26. The number of hydrogen-bond acceptors (Lipinski definition) is 3. The van der Waals surface area contributed by atoms with Crippen molar-refractivity contribution in [3.8, 4) is 0 Å². The average Bonchev–Trinajstić information content (AvgIpc) is 3.01. The second-order valence-corrected chi connectivity index (χ2v) is 9.71. The van der Waals surface area contributed by atoms with E-state index >= 15 is 0 Å². The lowest BCUT2D eigenvalue weighted by atomic mass is 9.80. The van der Waals surface area contributed by atoms with Crippen LogP contribution in [-0.2, 0) is 10.0 Å². The molecule has 2 N–H and O–H groups in total. The zero-order valence-electron chi connectivity index (χ0n) is 16.0. The van der Waals surface area contributed by atoms with Gasteiger partial charge in [-0.05, 0) is 49.9 Å². The zero-order valence-corrected chi connectivity index (χ0v) is 19.1. The highest BCUT2D eigenvalue weighted by Crippen LogP contribution is 2.29. The summed E-state index contributed by atoms with van der Waals surface area (Å²) in [6.07, 6.45) is 7.19. The Labute approximate surface area is 170 Å². The number of nitrogens with zero attached hydrogens (tertiary/aromatic N) is 2. The first-order valence-electron chi connectivity index (χ1n) is 9.22. The number of guanidine groups is 1. The molecule has 1 unspecified atom stereocenters. The minimum absolute atomic E-state index is 0. The van der Waals surface area contributed by atoms with Crippen LogP contribution in [0.5, 0.6) is 0 Å². The van der Waals surface area contributed by atoms with Crippen LogP contribution in [-0.4, -0.2) is 57.7 Å². The summed E-state index contributed by atoms with van der Waals surface area (Å²) in [6.45, 7) is 6.66. The summed E-state index contributed by atoms with van der Waals surface area (Å²) in [5.74, 6) is 2.85. The van der Waals surface area contributed by atoms with E-state index in [0.29, 0.717) is 25.0 Å². The molecule has 1 saturated heterocycles. The first-order chi connectivity index (χ1) is 11.3. The molecular formula is C17H35IN4O2S. The molecular weight excluding hydrogens is 451 g/mol. The first-order valence-corrected chi connectivity index (χ1v) is 11.1. The largest absolute Gasteiger partial charge is 0.356 e. The van der Waals surface area contributed by atoms with Crippen molar-refractivity contribution in [2.75, 3.05) is 32.9 Å². The topological polar surface area (TPSA) is 73.8 Å². The van der Waals surface area contributed by atoms with E-state index in [2.05, 4.69) is 29.5 Å². The SMILES string of the molecule is CN=C(NCC1CCN(S(C)(=O)=O)C1)NC1CCC(C(C)C)CC1.I. The molecule has 1 heterocycles. The maximum Gasteiger partial charge on any atom is 0.211 e. The number of halogens is 1. The molecule has 0 aromatic heterocycles. The molecule has 6 nitrogen and oxygen atoms in total. The Kier molecular flexibility index (Phi) is 9.45. The highest BCUT2D eigenvalue weighted by atomic mass is 127. The molecule has 1 aliphatic heterocycles. The summed E-state index contributed by atoms with van der Waals surface area (Å²) in [5, 5.41) is 6.92. The summed E-state index contributed by atoms with van der Waals surface area (Å²) < 4.78 is 24.7. The van der Waals surface area contributed by atoms with E-state index < -0.39 is 10.0 Å². The lowest BCUT2D eigenvalue weighted by Crippen LogP contribution is -2.46. The molecule has 2 rings (SSSR count). The molecule has 0 aromatic rings. The van der Waals surface area contributed by atoms with E-state index in [1.54, 1.807) is 11.4 Å². The van der Waals surface area contributed by atoms with Crippen LogP contribution < -0.4 is 10.6 Å². The van der Waals surface area contributed by atoms with Gasteiger partial charge in [-0.25, -0.2) is 12.7 Å². The second-order valence-electron chi connectivity index (χ2n) is 7.73. The maximum atomic E-state index is 11.6. The molecule has 148 valence electrons. The molecule has 1 aliphatic carbocycles. The number of aliphatic imine (C=N–C) groups is 1. The highest BCUT2D eigenvalue weighted by molar-refractivity contribution is 14.0. The predicted octanol–water partition coefficient (Wildman–Crippen LogP) is 2.27. The molecule has 1 saturated carbocycles. The van der Waals surface area contributed by atoms with Crippen LogP contribution in [0.4, 0.5) is 0 Å². The fraction of sp³-hybridized carbons (Fsp3) is 0.941. The van der Waals surface area contributed by atoms with Crippen LogP contribution in [0.15, 0.2) is 4.99 Å². The van der Waals surface area contributed by atoms with Gasteiger partial charge < -0.3 is 10.6 Å². The van der Waals surface area contributed by atoms with Crippen molar-refractivity contribution in [2.45, 2.75) is 52.0 Å². The quantitative estimate of drug-likeness (QED) is 0.355. The molecule has 0 amide bonds. The molecule has 8 heteroatoms. The molecule has 0 radical (unpaired) electrons. The Balaban J connectivity index is 0.00000312. The Morgan fingerprint density at radius 3 is 2.32 bits per heavy atom. The lowest BCUT2D eigenvalue weighted by molar-refractivity contribution is 0.250.